The van der Waals surface area contributed by atoms with Crippen LogP contribution in [0.5, 0.6) is 11.5 Å². The number of nitrogens with zero attached hydrogens (tertiary/aromatic N) is 1. The predicted octanol–water partition coefficient (Wildman–Crippen LogP) is 3.29. The topological polar surface area (TPSA) is 31.4 Å². The first-order valence-corrected chi connectivity index (χ1v) is 5.74. The molecule has 0 spiro atoms. The number of hydrogen-bond acceptors (Lipinski definition) is 3. The van der Waals surface area contributed by atoms with E-state index in [-0.39, 0.29) is 0 Å². The number of benzene rings is 1. The average Bonchev–Trinajstić information content (AvgIpc) is 2.45. The molecule has 2 aromatic rings. The summed E-state index contributed by atoms with van der Waals surface area (Å²) in [4.78, 5) is 4.25. The molecule has 3 rings (SSSR count). The van der Waals surface area contributed by atoms with Gasteiger partial charge in [-0.25, -0.2) is 0 Å². The number of hydrogen-bond donors (Lipinski definition) is 0. The average molecular weight is 239 g/mol. The van der Waals surface area contributed by atoms with Gasteiger partial charge in [-0.05, 0) is 29.8 Å². The molecule has 0 atom stereocenters. The van der Waals surface area contributed by atoms with Crippen molar-refractivity contribution < 1.29 is 9.47 Å². The van der Waals surface area contributed by atoms with Crippen LogP contribution >= 0.6 is 0 Å². The lowest BCUT2D eigenvalue weighted by Crippen LogP contribution is -2.06. The van der Waals surface area contributed by atoms with Crippen LogP contribution in [0.2, 0.25) is 0 Å². The molecule has 3 nitrogen and oxygen atoms in total. The second kappa shape index (κ2) is 4.18. The number of rotatable bonds is 2. The summed E-state index contributed by atoms with van der Waals surface area (Å²) in [7, 11) is 1.67. The first kappa shape index (κ1) is 10.8. The van der Waals surface area contributed by atoms with Gasteiger partial charge in [0.15, 0.2) is 0 Å². The van der Waals surface area contributed by atoms with Gasteiger partial charge in [0, 0.05) is 11.1 Å². The molecule has 0 saturated heterocycles. The van der Waals surface area contributed by atoms with E-state index in [0.29, 0.717) is 6.61 Å². The first-order chi connectivity index (χ1) is 8.81. The summed E-state index contributed by atoms with van der Waals surface area (Å²) >= 11 is 0. The molecular formula is C15H13NO2. The molecule has 3 heteroatoms. The summed E-state index contributed by atoms with van der Waals surface area (Å²) in [5, 5.41) is 0. The fourth-order valence-electron chi connectivity index (χ4n) is 2.13. The summed E-state index contributed by atoms with van der Waals surface area (Å²) in [5.41, 5.74) is 4.20. The van der Waals surface area contributed by atoms with Crippen molar-refractivity contribution >= 4 is 6.08 Å². The lowest BCUT2D eigenvalue weighted by atomic mass is 9.97. The standard InChI is InChI=1S/C15H13NO2/c1-3-11-7-14-13-5-4-12(17-2)6-10(13)9-18-15(14)8-16-11/h3-8H,1,9H2,2H3. The molecule has 0 radical (unpaired) electrons. The van der Waals surface area contributed by atoms with Crippen LogP contribution in [0.3, 0.4) is 0 Å². The molecule has 0 saturated carbocycles. The van der Waals surface area contributed by atoms with Gasteiger partial charge in [-0.1, -0.05) is 12.6 Å². The van der Waals surface area contributed by atoms with E-state index in [9.17, 15) is 0 Å². The zero-order valence-electron chi connectivity index (χ0n) is 10.1. The van der Waals surface area contributed by atoms with Crippen LogP contribution < -0.4 is 9.47 Å². The van der Waals surface area contributed by atoms with Crippen molar-refractivity contribution in [2.75, 3.05) is 7.11 Å². The zero-order valence-corrected chi connectivity index (χ0v) is 10.1. The van der Waals surface area contributed by atoms with Crippen LogP contribution in [0.25, 0.3) is 17.2 Å². The van der Waals surface area contributed by atoms with Crippen molar-refractivity contribution in [2.24, 2.45) is 0 Å². The van der Waals surface area contributed by atoms with Gasteiger partial charge < -0.3 is 9.47 Å². The summed E-state index contributed by atoms with van der Waals surface area (Å²) in [6.07, 6.45) is 3.48. The minimum Gasteiger partial charge on any atom is -0.497 e. The van der Waals surface area contributed by atoms with Crippen LogP contribution in [-0.2, 0) is 6.61 Å². The van der Waals surface area contributed by atoms with E-state index in [1.165, 1.54) is 5.56 Å². The Hall–Kier alpha value is -2.29. The van der Waals surface area contributed by atoms with Gasteiger partial charge in [0.2, 0.25) is 0 Å². The minimum atomic E-state index is 0.550. The van der Waals surface area contributed by atoms with Crippen LogP contribution in [0.15, 0.2) is 37.0 Å². The van der Waals surface area contributed by atoms with Crippen LogP contribution in [0.1, 0.15) is 11.3 Å². The first-order valence-electron chi connectivity index (χ1n) is 5.74. The highest BCUT2D eigenvalue weighted by Crippen LogP contribution is 2.38. The second-order valence-corrected chi connectivity index (χ2v) is 4.12. The number of ether oxygens (including phenoxy) is 2. The third-order valence-electron chi connectivity index (χ3n) is 3.08. The molecule has 1 aromatic carbocycles. The van der Waals surface area contributed by atoms with Crippen LogP contribution in [0, 0.1) is 0 Å². The van der Waals surface area contributed by atoms with Crippen molar-refractivity contribution in [2.45, 2.75) is 6.61 Å². The largest absolute Gasteiger partial charge is 0.497 e. The molecule has 18 heavy (non-hydrogen) atoms. The van der Waals surface area contributed by atoms with Crippen LogP contribution in [-0.4, -0.2) is 12.1 Å². The Labute approximate surface area is 106 Å². The molecule has 0 aliphatic carbocycles. The molecule has 1 aliphatic rings. The van der Waals surface area contributed by atoms with Crippen molar-refractivity contribution in [3.05, 3.63) is 48.3 Å². The molecule has 0 N–H and O–H groups in total. The summed E-state index contributed by atoms with van der Waals surface area (Å²) in [6.45, 7) is 4.29. The Balaban J connectivity index is 2.18. The Morgan fingerprint density at radius 2 is 2.22 bits per heavy atom. The molecular weight excluding hydrogens is 226 g/mol. The smallest absolute Gasteiger partial charge is 0.145 e. The Morgan fingerprint density at radius 1 is 1.33 bits per heavy atom. The van der Waals surface area contributed by atoms with E-state index in [1.807, 2.05) is 18.2 Å². The van der Waals surface area contributed by atoms with Crippen molar-refractivity contribution in [3.8, 4) is 22.6 Å². The van der Waals surface area contributed by atoms with E-state index in [2.05, 4.69) is 17.6 Å². The van der Waals surface area contributed by atoms with Gasteiger partial charge >= 0.3 is 0 Å². The highest BCUT2D eigenvalue weighted by Gasteiger charge is 2.18. The van der Waals surface area contributed by atoms with Crippen LogP contribution in [0.4, 0.5) is 0 Å². The van der Waals surface area contributed by atoms with E-state index >= 15 is 0 Å². The fourth-order valence-corrected chi connectivity index (χ4v) is 2.13. The zero-order chi connectivity index (χ0) is 12.5. The maximum atomic E-state index is 5.70. The number of pyridine rings is 1. The maximum absolute atomic E-state index is 5.70. The molecule has 1 aromatic heterocycles. The number of aromatic nitrogens is 1. The monoisotopic (exact) mass is 239 g/mol. The lowest BCUT2D eigenvalue weighted by Gasteiger charge is -2.21. The van der Waals surface area contributed by atoms with Crippen molar-refractivity contribution in [3.63, 3.8) is 0 Å². The van der Waals surface area contributed by atoms with E-state index in [0.717, 1.165) is 28.3 Å². The lowest BCUT2D eigenvalue weighted by molar-refractivity contribution is 0.300. The second-order valence-electron chi connectivity index (χ2n) is 4.12. The molecule has 0 amide bonds. The Bertz CT molecular complexity index is 620. The molecule has 2 heterocycles. The van der Waals surface area contributed by atoms with Gasteiger partial charge in [0.05, 0.1) is 19.0 Å². The number of fused-ring (bicyclic) bond motifs is 3. The van der Waals surface area contributed by atoms with E-state index < -0.39 is 0 Å². The van der Waals surface area contributed by atoms with Gasteiger partial charge in [-0.15, -0.1) is 0 Å². The summed E-state index contributed by atoms with van der Waals surface area (Å²) in [6, 6.07) is 8.02. The quantitative estimate of drug-likeness (QED) is 0.805. The maximum Gasteiger partial charge on any atom is 0.145 e. The van der Waals surface area contributed by atoms with Gasteiger partial charge in [-0.3, -0.25) is 4.98 Å². The van der Waals surface area contributed by atoms with Crippen molar-refractivity contribution in [1.82, 2.24) is 4.98 Å². The molecule has 0 unspecified atom stereocenters. The Morgan fingerprint density at radius 3 is 3.00 bits per heavy atom. The summed E-state index contributed by atoms with van der Waals surface area (Å²) < 4.78 is 10.9. The van der Waals surface area contributed by atoms with Crippen molar-refractivity contribution in [1.29, 1.82) is 0 Å². The highest BCUT2D eigenvalue weighted by molar-refractivity contribution is 5.76. The molecule has 0 bridgehead atoms. The number of methoxy groups -OCH3 is 1. The molecule has 0 fully saturated rings. The van der Waals surface area contributed by atoms with Gasteiger partial charge in [0.1, 0.15) is 18.1 Å². The fraction of sp³-hybridized carbons (Fsp3) is 0.133. The van der Waals surface area contributed by atoms with E-state index in [1.54, 1.807) is 19.4 Å². The third kappa shape index (κ3) is 1.64. The van der Waals surface area contributed by atoms with Gasteiger partial charge in [-0.2, -0.15) is 0 Å². The van der Waals surface area contributed by atoms with Gasteiger partial charge in [0.25, 0.3) is 0 Å². The molecule has 90 valence electrons. The highest BCUT2D eigenvalue weighted by atomic mass is 16.5. The minimum absolute atomic E-state index is 0.550. The van der Waals surface area contributed by atoms with E-state index in [4.69, 9.17) is 9.47 Å². The normalized spacial score (nSPS) is 12.1. The Kier molecular flexibility index (Phi) is 2.52. The predicted molar refractivity (Wildman–Crippen MR) is 70.6 cm³/mol. The molecule has 1 aliphatic heterocycles. The third-order valence-corrected chi connectivity index (χ3v) is 3.08. The SMILES string of the molecule is C=Cc1cc2c(cn1)OCc1cc(OC)ccc1-2. The summed E-state index contributed by atoms with van der Waals surface area (Å²) in [5.74, 6) is 1.66.